The van der Waals surface area contributed by atoms with Crippen LogP contribution in [0.25, 0.3) is 0 Å². The molecule has 1 amide bonds. The van der Waals surface area contributed by atoms with E-state index in [-0.39, 0.29) is 6.54 Å². The van der Waals surface area contributed by atoms with E-state index in [1.807, 2.05) is 13.8 Å². The third kappa shape index (κ3) is 6.39. The van der Waals surface area contributed by atoms with Crippen molar-refractivity contribution in [1.29, 1.82) is 0 Å². The van der Waals surface area contributed by atoms with Crippen LogP contribution in [0.2, 0.25) is 0 Å². The molecule has 0 saturated carbocycles. The summed E-state index contributed by atoms with van der Waals surface area (Å²) in [6.45, 7) is 3.28. The van der Waals surface area contributed by atoms with Gasteiger partial charge in [0, 0.05) is 6.54 Å². The molecule has 0 fully saturated rings. The van der Waals surface area contributed by atoms with Crippen molar-refractivity contribution in [3.05, 3.63) is 24.3 Å². The van der Waals surface area contributed by atoms with Gasteiger partial charge in [-0.1, -0.05) is 41.4 Å². The summed E-state index contributed by atoms with van der Waals surface area (Å²) in [6.07, 6.45) is 6.99. The number of rotatable bonds is 10. The van der Waals surface area contributed by atoms with E-state index >= 15 is 0 Å². The van der Waals surface area contributed by atoms with Gasteiger partial charge in [0.2, 0.25) is 0 Å². The molecule has 0 saturated heterocycles. The molecule has 1 aliphatic rings. The molecule has 0 aromatic rings. The van der Waals surface area contributed by atoms with Gasteiger partial charge in [-0.05, 0) is 32.5 Å². The molecule has 154 valence electrons. The number of halogens is 1. The minimum absolute atomic E-state index is 0.0328. The molecule has 1 aliphatic carbocycles. The third-order valence-electron chi connectivity index (χ3n) is 4.24. The van der Waals surface area contributed by atoms with Gasteiger partial charge in [-0.25, -0.2) is 8.98 Å². The maximum Gasteiger partial charge on any atom is 0.409 e. The maximum atomic E-state index is 12.1. The number of carboxylic acid groups (broad SMARTS) is 1. The first kappa shape index (κ1) is 23.8. The normalized spacial score (nSPS) is 26.1. The lowest BCUT2D eigenvalue weighted by molar-refractivity contribution is -0.115. The Balaban J connectivity index is 3.31. The molecule has 0 radical (unpaired) electrons. The molecule has 0 spiro atoms. The van der Waals surface area contributed by atoms with Crippen LogP contribution in [0.1, 0.15) is 26.7 Å². The van der Waals surface area contributed by atoms with Crippen molar-refractivity contribution < 1.29 is 31.8 Å². The summed E-state index contributed by atoms with van der Waals surface area (Å²) < 4.78 is 34.1. The second kappa shape index (κ2) is 9.28. The second-order valence-electron chi connectivity index (χ2n) is 6.42. The summed E-state index contributed by atoms with van der Waals surface area (Å²) in [5, 5.41) is 9.85. The van der Waals surface area contributed by atoms with Crippen molar-refractivity contribution in [2.45, 2.75) is 42.7 Å². The molecule has 0 aliphatic heterocycles. The fourth-order valence-electron chi connectivity index (χ4n) is 2.85. The lowest BCUT2D eigenvalue weighted by Crippen LogP contribution is -2.63. The molecule has 0 heterocycles. The van der Waals surface area contributed by atoms with E-state index < -0.39 is 39.1 Å². The van der Waals surface area contributed by atoms with Crippen LogP contribution >= 0.6 is 15.9 Å². The van der Waals surface area contributed by atoms with Gasteiger partial charge < -0.3 is 9.90 Å². The molecular weight excluding hydrogens is 444 g/mol. The van der Waals surface area contributed by atoms with Crippen LogP contribution in [-0.2, 0) is 19.4 Å². The quantitative estimate of drug-likeness (QED) is 0.164. The standard InChI is InChI=1S/C16H25BrN2O7S/c1-4-5-13(12-20)19(14(21)22)16(8-6-15(2,17)7-9-16)18(3)10-11-26-27(23,24)25/h6-9,12-13H,4-5,10-11H2,1-3H3,(H,21,22)(H,23,24,25)/t13-,15?,16?/m0/s1. The zero-order valence-electron chi connectivity index (χ0n) is 15.4. The number of hydrogen-bond donors (Lipinski definition) is 2. The van der Waals surface area contributed by atoms with E-state index in [9.17, 15) is 23.1 Å². The fourth-order valence-corrected chi connectivity index (χ4v) is 3.40. The van der Waals surface area contributed by atoms with Crippen molar-refractivity contribution in [2.75, 3.05) is 20.2 Å². The lowest BCUT2D eigenvalue weighted by atomic mass is 9.92. The Morgan fingerprint density at radius 3 is 2.30 bits per heavy atom. The average molecular weight is 469 g/mol. The highest BCUT2D eigenvalue weighted by Crippen LogP contribution is 2.35. The molecule has 1 atom stereocenters. The molecule has 0 bridgehead atoms. The van der Waals surface area contributed by atoms with E-state index in [4.69, 9.17) is 4.55 Å². The van der Waals surface area contributed by atoms with Crippen molar-refractivity contribution >= 4 is 38.7 Å². The average Bonchev–Trinajstić information content (AvgIpc) is 2.54. The summed E-state index contributed by atoms with van der Waals surface area (Å²) >= 11 is 3.48. The summed E-state index contributed by atoms with van der Waals surface area (Å²) in [4.78, 5) is 26.2. The van der Waals surface area contributed by atoms with Crippen molar-refractivity contribution in [3.63, 3.8) is 0 Å². The Morgan fingerprint density at radius 1 is 1.33 bits per heavy atom. The number of carbonyl (C=O) groups excluding carboxylic acids is 1. The predicted molar refractivity (Wildman–Crippen MR) is 103 cm³/mol. The van der Waals surface area contributed by atoms with Crippen LogP contribution in [0.5, 0.6) is 0 Å². The Bertz CT molecular complexity index is 690. The summed E-state index contributed by atoms with van der Waals surface area (Å²) in [5.74, 6) is 0. The number of amides is 1. The summed E-state index contributed by atoms with van der Waals surface area (Å²) in [7, 11) is -3.04. The summed E-state index contributed by atoms with van der Waals surface area (Å²) in [6, 6.07) is -0.897. The molecule has 0 aromatic heterocycles. The van der Waals surface area contributed by atoms with Crippen LogP contribution in [0.15, 0.2) is 24.3 Å². The Labute approximate surface area is 167 Å². The zero-order valence-corrected chi connectivity index (χ0v) is 17.8. The number of carbonyl (C=O) groups is 2. The first-order valence-corrected chi connectivity index (χ1v) is 10.4. The molecule has 0 unspecified atom stereocenters. The maximum absolute atomic E-state index is 12.1. The first-order valence-electron chi connectivity index (χ1n) is 8.29. The largest absolute Gasteiger partial charge is 0.465 e. The molecule has 0 aromatic carbocycles. The molecule has 27 heavy (non-hydrogen) atoms. The van der Waals surface area contributed by atoms with E-state index in [1.54, 1.807) is 31.4 Å². The zero-order chi connectivity index (χ0) is 20.9. The van der Waals surface area contributed by atoms with Crippen LogP contribution in [-0.4, -0.2) is 76.5 Å². The number of hydrogen-bond acceptors (Lipinski definition) is 6. The van der Waals surface area contributed by atoms with Gasteiger partial charge in [-0.15, -0.1) is 0 Å². The third-order valence-corrected chi connectivity index (χ3v) is 5.24. The van der Waals surface area contributed by atoms with Crippen LogP contribution in [0.4, 0.5) is 4.79 Å². The van der Waals surface area contributed by atoms with E-state index in [2.05, 4.69) is 20.1 Å². The van der Waals surface area contributed by atoms with Crippen LogP contribution < -0.4 is 0 Å². The van der Waals surface area contributed by atoms with Gasteiger partial charge in [-0.2, -0.15) is 8.42 Å². The number of likely N-dealkylation sites (N-methyl/N-ethyl adjacent to an activating group) is 1. The molecule has 2 N–H and O–H groups in total. The fraction of sp³-hybridized carbons (Fsp3) is 0.625. The van der Waals surface area contributed by atoms with Gasteiger partial charge in [0.1, 0.15) is 11.9 Å². The monoisotopic (exact) mass is 468 g/mol. The smallest absolute Gasteiger partial charge is 0.409 e. The van der Waals surface area contributed by atoms with Crippen LogP contribution in [0, 0.1) is 0 Å². The second-order valence-corrected chi connectivity index (χ2v) is 9.22. The van der Waals surface area contributed by atoms with Crippen molar-refractivity contribution in [1.82, 2.24) is 9.80 Å². The first-order chi connectivity index (χ1) is 12.4. The highest BCUT2D eigenvalue weighted by atomic mass is 79.9. The highest BCUT2D eigenvalue weighted by Gasteiger charge is 2.45. The Hall–Kier alpha value is -1.27. The minimum Gasteiger partial charge on any atom is -0.465 e. The van der Waals surface area contributed by atoms with Gasteiger partial charge in [0.05, 0.1) is 17.0 Å². The van der Waals surface area contributed by atoms with Gasteiger partial charge >= 0.3 is 16.5 Å². The molecule has 11 heteroatoms. The Morgan fingerprint density at radius 2 is 1.89 bits per heavy atom. The number of nitrogens with zero attached hydrogens (tertiary/aromatic N) is 2. The van der Waals surface area contributed by atoms with Crippen molar-refractivity contribution in [2.24, 2.45) is 0 Å². The minimum atomic E-state index is -4.61. The predicted octanol–water partition coefficient (Wildman–Crippen LogP) is 2.06. The van der Waals surface area contributed by atoms with E-state index in [0.717, 1.165) is 4.90 Å². The van der Waals surface area contributed by atoms with Gasteiger partial charge in [-0.3, -0.25) is 14.4 Å². The number of aldehydes is 1. The molecular formula is C16H25BrN2O7S. The highest BCUT2D eigenvalue weighted by molar-refractivity contribution is 9.10. The van der Waals surface area contributed by atoms with Crippen molar-refractivity contribution in [3.8, 4) is 0 Å². The van der Waals surface area contributed by atoms with Crippen LogP contribution in [0.3, 0.4) is 0 Å². The SMILES string of the molecule is CCC[C@@H](C=O)N(C(=O)O)C1(N(C)CCOS(=O)(=O)O)C=CC(C)(Br)C=C1. The number of alkyl halides is 1. The van der Waals surface area contributed by atoms with Gasteiger partial charge in [0.25, 0.3) is 0 Å². The summed E-state index contributed by atoms with van der Waals surface area (Å²) in [5.41, 5.74) is -1.33. The topological polar surface area (TPSA) is 124 Å². The van der Waals surface area contributed by atoms with E-state index in [0.29, 0.717) is 19.1 Å². The Kier molecular flexibility index (Phi) is 8.17. The molecule has 9 nitrogen and oxygen atoms in total. The molecule has 1 rings (SSSR count). The van der Waals surface area contributed by atoms with E-state index in [1.165, 1.54) is 4.90 Å². The van der Waals surface area contributed by atoms with Gasteiger partial charge in [0.15, 0.2) is 0 Å². The number of allylic oxidation sites excluding steroid dienone is 2. The lowest BCUT2D eigenvalue weighted by Gasteiger charge is -2.48.